The summed E-state index contributed by atoms with van der Waals surface area (Å²) in [5.41, 5.74) is 5.66. The van der Waals surface area contributed by atoms with E-state index in [4.69, 9.17) is 0 Å². The average Bonchev–Trinajstić information content (AvgIpc) is 2.37. The normalized spacial score (nSPS) is 14.0. The molecule has 13 heavy (non-hydrogen) atoms. The van der Waals surface area contributed by atoms with Crippen LogP contribution in [0.5, 0.6) is 0 Å². The summed E-state index contributed by atoms with van der Waals surface area (Å²) >= 11 is 0. The lowest BCUT2D eigenvalue weighted by Crippen LogP contribution is -1.93. The van der Waals surface area contributed by atoms with Crippen LogP contribution in [-0.2, 0) is 6.42 Å². The SMILES string of the molecule is Cc1ccc(C)c2c1C=CC=CC2. The Labute approximate surface area is 79.6 Å². The molecule has 0 saturated heterocycles. The minimum atomic E-state index is 1.07. The quantitative estimate of drug-likeness (QED) is 0.559. The van der Waals surface area contributed by atoms with Gasteiger partial charge in [0, 0.05) is 0 Å². The largest absolute Gasteiger partial charge is 0.0801 e. The third-order valence-electron chi connectivity index (χ3n) is 2.64. The Morgan fingerprint density at radius 3 is 2.62 bits per heavy atom. The lowest BCUT2D eigenvalue weighted by atomic mass is 9.96. The van der Waals surface area contributed by atoms with Crippen LogP contribution in [0.15, 0.2) is 30.4 Å². The lowest BCUT2D eigenvalue weighted by Gasteiger charge is -2.09. The van der Waals surface area contributed by atoms with Crippen molar-refractivity contribution in [2.75, 3.05) is 0 Å². The van der Waals surface area contributed by atoms with Crippen LogP contribution in [-0.4, -0.2) is 0 Å². The summed E-state index contributed by atoms with van der Waals surface area (Å²) in [6.45, 7) is 4.36. The van der Waals surface area contributed by atoms with E-state index in [0.29, 0.717) is 0 Å². The van der Waals surface area contributed by atoms with Crippen LogP contribution in [0.25, 0.3) is 6.08 Å². The summed E-state index contributed by atoms with van der Waals surface area (Å²) in [4.78, 5) is 0. The molecular weight excluding hydrogens is 156 g/mol. The first kappa shape index (κ1) is 8.31. The molecule has 0 N–H and O–H groups in total. The van der Waals surface area contributed by atoms with Crippen LogP contribution in [0, 0.1) is 13.8 Å². The molecule has 0 spiro atoms. The highest BCUT2D eigenvalue weighted by molar-refractivity contribution is 5.62. The summed E-state index contributed by atoms with van der Waals surface area (Å²) in [6, 6.07) is 4.41. The molecule has 66 valence electrons. The molecule has 0 saturated carbocycles. The van der Waals surface area contributed by atoms with Gasteiger partial charge < -0.3 is 0 Å². The molecule has 0 atom stereocenters. The van der Waals surface area contributed by atoms with Gasteiger partial charge in [0.2, 0.25) is 0 Å². The van der Waals surface area contributed by atoms with E-state index < -0.39 is 0 Å². The van der Waals surface area contributed by atoms with Gasteiger partial charge in [-0.1, -0.05) is 36.4 Å². The summed E-state index contributed by atoms with van der Waals surface area (Å²) < 4.78 is 0. The Bertz CT molecular complexity index is 381. The molecule has 0 fully saturated rings. The molecular formula is C13H14. The Balaban J connectivity index is 2.66. The van der Waals surface area contributed by atoms with Crippen molar-refractivity contribution < 1.29 is 0 Å². The number of fused-ring (bicyclic) bond motifs is 1. The average molecular weight is 170 g/mol. The van der Waals surface area contributed by atoms with Crippen molar-refractivity contribution in [1.82, 2.24) is 0 Å². The Morgan fingerprint density at radius 1 is 1.00 bits per heavy atom. The van der Waals surface area contributed by atoms with E-state index in [1.54, 1.807) is 0 Å². The van der Waals surface area contributed by atoms with Crippen LogP contribution in [0.2, 0.25) is 0 Å². The van der Waals surface area contributed by atoms with Crippen molar-refractivity contribution in [1.29, 1.82) is 0 Å². The highest BCUT2D eigenvalue weighted by Crippen LogP contribution is 2.22. The van der Waals surface area contributed by atoms with E-state index in [0.717, 1.165) is 6.42 Å². The third-order valence-corrected chi connectivity index (χ3v) is 2.64. The second kappa shape index (κ2) is 3.21. The Hall–Kier alpha value is -1.30. The zero-order chi connectivity index (χ0) is 9.26. The molecule has 1 aliphatic carbocycles. The number of hydrogen-bond acceptors (Lipinski definition) is 0. The standard InChI is InChI=1S/C13H14/c1-10-8-9-11(2)13-7-5-3-4-6-12(10)13/h3-6,8-9H,7H2,1-2H3. The van der Waals surface area contributed by atoms with E-state index in [9.17, 15) is 0 Å². The van der Waals surface area contributed by atoms with E-state index in [1.165, 1.54) is 22.3 Å². The first-order valence-corrected chi connectivity index (χ1v) is 4.71. The topological polar surface area (TPSA) is 0 Å². The fraction of sp³-hybridized carbons (Fsp3) is 0.231. The number of hydrogen-bond donors (Lipinski definition) is 0. The van der Waals surface area contributed by atoms with Crippen molar-refractivity contribution in [3.63, 3.8) is 0 Å². The van der Waals surface area contributed by atoms with E-state index in [1.807, 2.05) is 0 Å². The van der Waals surface area contributed by atoms with Crippen molar-refractivity contribution >= 4 is 6.08 Å². The fourth-order valence-corrected chi connectivity index (χ4v) is 1.81. The van der Waals surface area contributed by atoms with Gasteiger partial charge in [-0.25, -0.2) is 0 Å². The van der Waals surface area contributed by atoms with Gasteiger partial charge in [0.15, 0.2) is 0 Å². The van der Waals surface area contributed by atoms with Crippen LogP contribution in [0.1, 0.15) is 22.3 Å². The second-order valence-corrected chi connectivity index (χ2v) is 3.58. The maximum Gasteiger partial charge on any atom is -0.00857 e. The van der Waals surface area contributed by atoms with Gasteiger partial charge in [0.1, 0.15) is 0 Å². The first-order valence-electron chi connectivity index (χ1n) is 4.71. The minimum Gasteiger partial charge on any atom is -0.0801 e. The van der Waals surface area contributed by atoms with Gasteiger partial charge >= 0.3 is 0 Å². The maximum absolute atomic E-state index is 2.22. The molecule has 0 amide bonds. The second-order valence-electron chi connectivity index (χ2n) is 3.58. The highest BCUT2D eigenvalue weighted by Gasteiger charge is 2.05. The molecule has 2 rings (SSSR count). The van der Waals surface area contributed by atoms with Crippen molar-refractivity contribution in [3.05, 3.63) is 52.6 Å². The summed E-state index contributed by atoms with van der Waals surface area (Å²) in [5.74, 6) is 0. The minimum absolute atomic E-state index is 1.07. The third kappa shape index (κ3) is 1.44. The molecule has 0 unspecified atom stereocenters. The molecule has 0 radical (unpaired) electrons. The number of allylic oxidation sites excluding steroid dienone is 3. The van der Waals surface area contributed by atoms with Crippen LogP contribution in [0.3, 0.4) is 0 Å². The Kier molecular flexibility index (Phi) is 2.05. The molecule has 0 aromatic heterocycles. The van der Waals surface area contributed by atoms with Crippen LogP contribution >= 0.6 is 0 Å². The molecule has 1 aliphatic rings. The zero-order valence-electron chi connectivity index (χ0n) is 8.17. The van der Waals surface area contributed by atoms with Crippen molar-refractivity contribution in [2.24, 2.45) is 0 Å². The molecule has 0 heterocycles. The predicted molar refractivity (Wildman–Crippen MR) is 57.8 cm³/mol. The summed E-state index contributed by atoms with van der Waals surface area (Å²) in [7, 11) is 0. The summed E-state index contributed by atoms with van der Waals surface area (Å²) in [5, 5.41) is 0. The van der Waals surface area contributed by atoms with Gasteiger partial charge in [0.25, 0.3) is 0 Å². The highest BCUT2D eigenvalue weighted by atomic mass is 14.1. The molecule has 0 bridgehead atoms. The van der Waals surface area contributed by atoms with Gasteiger partial charge in [-0.3, -0.25) is 0 Å². The van der Waals surface area contributed by atoms with E-state index in [2.05, 4.69) is 50.3 Å². The van der Waals surface area contributed by atoms with Gasteiger partial charge in [0.05, 0.1) is 0 Å². The molecule has 1 aromatic carbocycles. The van der Waals surface area contributed by atoms with Crippen LogP contribution in [0.4, 0.5) is 0 Å². The summed E-state index contributed by atoms with van der Waals surface area (Å²) in [6.07, 6.45) is 9.74. The van der Waals surface area contributed by atoms with Gasteiger partial charge in [-0.2, -0.15) is 0 Å². The molecule has 0 nitrogen and oxygen atoms in total. The smallest absolute Gasteiger partial charge is 0.00857 e. The van der Waals surface area contributed by atoms with Crippen molar-refractivity contribution in [3.8, 4) is 0 Å². The van der Waals surface area contributed by atoms with Crippen molar-refractivity contribution in [2.45, 2.75) is 20.3 Å². The van der Waals surface area contributed by atoms with E-state index in [-0.39, 0.29) is 0 Å². The number of benzene rings is 1. The monoisotopic (exact) mass is 170 g/mol. The Morgan fingerprint density at radius 2 is 1.77 bits per heavy atom. The predicted octanol–water partition coefficient (Wildman–Crippen LogP) is 3.43. The van der Waals surface area contributed by atoms with Gasteiger partial charge in [-0.05, 0) is 42.5 Å². The van der Waals surface area contributed by atoms with Gasteiger partial charge in [-0.15, -0.1) is 0 Å². The molecule has 1 aromatic rings. The zero-order valence-corrected chi connectivity index (χ0v) is 8.17. The molecule has 0 heteroatoms. The fourth-order valence-electron chi connectivity index (χ4n) is 1.81. The van der Waals surface area contributed by atoms with E-state index >= 15 is 0 Å². The number of rotatable bonds is 0. The maximum atomic E-state index is 2.22. The number of aryl methyl sites for hydroxylation is 2. The van der Waals surface area contributed by atoms with Crippen LogP contribution < -0.4 is 0 Å². The molecule has 0 aliphatic heterocycles. The lowest BCUT2D eigenvalue weighted by molar-refractivity contribution is 1.19. The first-order chi connectivity index (χ1) is 6.29.